The summed E-state index contributed by atoms with van der Waals surface area (Å²) in [5.74, 6) is 0. The number of rotatable bonds is 5. The minimum Gasteiger partial charge on any atom is -0.395 e. The topological polar surface area (TPSA) is 49.5 Å². The molecule has 0 saturated heterocycles. The monoisotopic (exact) mass is 208 g/mol. The lowest BCUT2D eigenvalue weighted by atomic mass is 10.1. The van der Waals surface area contributed by atoms with E-state index in [2.05, 4.69) is 17.0 Å². The molecule has 84 valence electrons. The Morgan fingerprint density at radius 1 is 1.33 bits per heavy atom. The zero-order valence-corrected chi connectivity index (χ0v) is 9.43. The minimum atomic E-state index is -0.0243. The van der Waals surface area contributed by atoms with E-state index in [1.807, 2.05) is 32.2 Å². The summed E-state index contributed by atoms with van der Waals surface area (Å²) in [6, 6.07) is 10.2. The van der Waals surface area contributed by atoms with Crippen molar-refractivity contribution in [1.29, 1.82) is 0 Å². The molecule has 0 radical (unpaired) electrons. The van der Waals surface area contributed by atoms with Gasteiger partial charge in [0.05, 0.1) is 6.61 Å². The molecule has 0 amide bonds. The van der Waals surface area contributed by atoms with Crippen LogP contribution in [0.4, 0.5) is 0 Å². The smallest absolute Gasteiger partial charge is 0.0601 e. The largest absolute Gasteiger partial charge is 0.395 e. The number of benzene rings is 1. The van der Waals surface area contributed by atoms with Gasteiger partial charge in [0, 0.05) is 18.6 Å². The van der Waals surface area contributed by atoms with Crippen LogP contribution < -0.4 is 5.73 Å². The maximum atomic E-state index is 9.22. The summed E-state index contributed by atoms with van der Waals surface area (Å²) < 4.78 is 0. The number of nitrogens with two attached hydrogens (primary N) is 1. The van der Waals surface area contributed by atoms with E-state index in [0.29, 0.717) is 0 Å². The lowest BCUT2D eigenvalue weighted by Crippen LogP contribution is -2.46. The molecule has 15 heavy (non-hydrogen) atoms. The third-order valence-corrected chi connectivity index (χ3v) is 2.63. The Labute approximate surface area is 91.5 Å². The fourth-order valence-corrected chi connectivity index (χ4v) is 1.70. The van der Waals surface area contributed by atoms with Gasteiger partial charge in [-0.05, 0) is 19.5 Å². The van der Waals surface area contributed by atoms with Crippen molar-refractivity contribution in [3.8, 4) is 0 Å². The molecule has 0 spiro atoms. The first-order valence-electron chi connectivity index (χ1n) is 5.25. The summed E-state index contributed by atoms with van der Waals surface area (Å²) in [6.45, 7) is 2.83. The minimum absolute atomic E-state index is 0.0187. The Balaban J connectivity index is 2.58. The van der Waals surface area contributed by atoms with Gasteiger partial charge in [-0.25, -0.2) is 0 Å². The highest BCUT2D eigenvalue weighted by atomic mass is 16.3. The van der Waals surface area contributed by atoms with E-state index in [9.17, 15) is 5.11 Å². The van der Waals surface area contributed by atoms with E-state index < -0.39 is 0 Å². The zero-order valence-electron chi connectivity index (χ0n) is 9.43. The quantitative estimate of drug-likeness (QED) is 0.753. The number of aliphatic hydroxyl groups is 1. The van der Waals surface area contributed by atoms with Crippen LogP contribution in [-0.4, -0.2) is 35.7 Å². The summed E-state index contributed by atoms with van der Waals surface area (Å²) in [7, 11) is 1.98. The first-order valence-corrected chi connectivity index (χ1v) is 5.25. The molecule has 3 heteroatoms. The second-order valence-electron chi connectivity index (χ2n) is 4.01. The summed E-state index contributed by atoms with van der Waals surface area (Å²) >= 11 is 0. The van der Waals surface area contributed by atoms with Gasteiger partial charge in [-0.1, -0.05) is 30.3 Å². The molecule has 1 aromatic rings. The van der Waals surface area contributed by atoms with Crippen LogP contribution in [0.2, 0.25) is 0 Å². The second kappa shape index (κ2) is 5.85. The van der Waals surface area contributed by atoms with Crippen LogP contribution >= 0.6 is 0 Å². The molecule has 3 N–H and O–H groups in total. The molecule has 0 saturated carbocycles. The van der Waals surface area contributed by atoms with Crippen molar-refractivity contribution in [1.82, 2.24) is 4.90 Å². The third kappa shape index (κ3) is 3.63. The fraction of sp³-hybridized carbons (Fsp3) is 0.500. The Bertz CT molecular complexity index is 274. The van der Waals surface area contributed by atoms with Gasteiger partial charge in [0.25, 0.3) is 0 Å². The highest BCUT2D eigenvalue weighted by Crippen LogP contribution is 2.07. The van der Waals surface area contributed by atoms with Crippen molar-refractivity contribution in [3.63, 3.8) is 0 Å². The van der Waals surface area contributed by atoms with Crippen molar-refractivity contribution >= 4 is 0 Å². The van der Waals surface area contributed by atoms with E-state index in [1.165, 1.54) is 5.56 Å². The predicted molar refractivity (Wildman–Crippen MR) is 62.4 cm³/mol. The summed E-state index contributed by atoms with van der Waals surface area (Å²) in [5.41, 5.74) is 7.04. The van der Waals surface area contributed by atoms with E-state index >= 15 is 0 Å². The maximum absolute atomic E-state index is 9.22. The number of hydrogen-bond acceptors (Lipinski definition) is 3. The van der Waals surface area contributed by atoms with Gasteiger partial charge in [-0.3, -0.25) is 4.90 Å². The molecule has 0 aliphatic rings. The second-order valence-corrected chi connectivity index (χ2v) is 4.01. The molecule has 0 heterocycles. The van der Waals surface area contributed by atoms with E-state index in [1.54, 1.807) is 0 Å². The van der Waals surface area contributed by atoms with Crippen LogP contribution in [0.5, 0.6) is 0 Å². The Morgan fingerprint density at radius 2 is 1.93 bits per heavy atom. The predicted octanol–water partition coefficient (Wildman–Crippen LogP) is 0.827. The Hall–Kier alpha value is -0.900. The van der Waals surface area contributed by atoms with Crippen LogP contribution in [0, 0.1) is 0 Å². The zero-order chi connectivity index (χ0) is 11.3. The molecule has 3 nitrogen and oxygen atoms in total. The first kappa shape index (κ1) is 12.2. The van der Waals surface area contributed by atoms with Gasteiger partial charge in [0.1, 0.15) is 0 Å². The molecule has 2 atom stereocenters. The maximum Gasteiger partial charge on any atom is 0.0601 e. The SMILES string of the molecule is CC(N)C(CO)N(C)Cc1ccccc1. The molecule has 0 aliphatic heterocycles. The van der Waals surface area contributed by atoms with Crippen molar-refractivity contribution < 1.29 is 5.11 Å². The van der Waals surface area contributed by atoms with Crippen LogP contribution in [-0.2, 0) is 6.54 Å². The molecule has 0 bridgehead atoms. The molecule has 1 rings (SSSR count). The van der Waals surface area contributed by atoms with Crippen molar-refractivity contribution in [3.05, 3.63) is 35.9 Å². The first-order chi connectivity index (χ1) is 7.15. The lowest BCUT2D eigenvalue weighted by molar-refractivity contribution is 0.125. The van der Waals surface area contributed by atoms with E-state index in [4.69, 9.17) is 5.73 Å². The summed E-state index contributed by atoms with van der Waals surface area (Å²) in [5, 5.41) is 9.22. The molecule has 2 unspecified atom stereocenters. The van der Waals surface area contributed by atoms with Crippen molar-refractivity contribution in [2.75, 3.05) is 13.7 Å². The number of nitrogens with zero attached hydrogens (tertiary/aromatic N) is 1. The van der Waals surface area contributed by atoms with Crippen molar-refractivity contribution in [2.24, 2.45) is 5.73 Å². The number of hydrogen-bond donors (Lipinski definition) is 2. The Kier molecular flexibility index (Phi) is 4.75. The molecule has 1 aromatic carbocycles. The normalized spacial score (nSPS) is 15.3. The van der Waals surface area contributed by atoms with Gasteiger partial charge in [0.2, 0.25) is 0 Å². The van der Waals surface area contributed by atoms with Crippen molar-refractivity contribution in [2.45, 2.75) is 25.6 Å². The summed E-state index contributed by atoms with van der Waals surface area (Å²) in [6.07, 6.45) is 0. The van der Waals surface area contributed by atoms with Crippen LogP contribution in [0.15, 0.2) is 30.3 Å². The van der Waals surface area contributed by atoms with Crippen LogP contribution in [0.25, 0.3) is 0 Å². The standard InChI is InChI=1S/C12H20N2O/c1-10(13)12(9-15)14(2)8-11-6-4-3-5-7-11/h3-7,10,12,15H,8-9,13H2,1-2H3. The van der Waals surface area contributed by atoms with Gasteiger partial charge < -0.3 is 10.8 Å². The molecule has 0 aromatic heterocycles. The Morgan fingerprint density at radius 3 is 2.40 bits per heavy atom. The average molecular weight is 208 g/mol. The molecular weight excluding hydrogens is 188 g/mol. The summed E-state index contributed by atoms with van der Waals surface area (Å²) in [4.78, 5) is 2.08. The van der Waals surface area contributed by atoms with Crippen LogP contribution in [0.3, 0.4) is 0 Å². The highest BCUT2D eigenvalue weighted by molar-refractivity contribution is 5.14. The number of likely N-dealkylation sites (N-methyl/N-ethyl adjacent to an activating group) is 1. The van der Waals surface area contributed by atoms with E-state index in [-0.39, 0.29) is 18.7 Å². The van der Waals surface area contributed by atoms with Gasteiger partial charge in [-0.15, -0.1) is 0 Å². The van der Waals surface area contributed by atoms with Gasteiger partial charge >= 0.3 is 0 Å². The van der Waals surface area contributed by atoms with E-state index in [0.717, 1.165) is 6.54 Å². The van der Waals surface area contributed by atoms with Gasteiger partial charge in [0.15, 0.2) is 0 Å². The fourth-order valence-electron chi connectivity index (χ4n) is 1.70. The van der Waals surface area contributed by atoms with Gasteiger partial charge in [-0.2, -0.15) is 0 Å². The third-order valence-electron chi connectivity index (χ3n) is 2.63. The molecule has 0 aliphatic carbocycles. The molecular formula is C12H20N2O. The molecule has 0 fully saturated rings. The number of aliphatic hydroxyl groups excluding tert-OH is 1. The highest BCUT2D eigenvalue weighted by Gasteiger charge is 2.17. The average Bonchev–Trinajstić information content (AvgIpc) is 2.19. The van der Waals surface area contributed by atoms with Crippen LogP contribution in [0.1, 0.15) is 12.5 Å². The lowest BCUT2D eigenvalue weighted by Gasteiger charge is -2.29.